The first-order valence-electron chi connectivity index (χ1n) is 6.74. The van der Waals surface area contributed by atoms with Crippen molar-refractivity contribution in [3.63, 3.8) is 0 Å². The van der Waals surface area contributed by atoms with Gasteiger partial charge in [-0.15, -0.1) is 0 Å². The Hall–Kier alpha value is -2.48. The highest BCUT2D eigenvalue weighted by Crippen LogP contribution is 2.19. The van der Waals surface area contributed by atoms with Gasteiger partial charge in [0.2, 0.25) is 0 Å². The standard InChI is InChI=1S/C18H15NO/c20-18(10-9-14-5-2-1-3-6-14)16-8-4-7-15-11-12-19-13-17(15)16/h1-8,11-13H,9-10H2. The van der Waals surface area contributed by atoms with Crippen molar-refractivity contribution in [2.75, 3.05) is 0 Å². The molecule has 0 aliphatic heterocycles. The molecule has 0 N–H and O–H groups in total. The maximum atomic E-state index is 12.4. The van der Waals surface area contributed by atoms with Crippen molar-refractivity contribution in [1.82, 2.24) is 4.98 Å². The van der Waals surface area contributed by atoms with Gasteiger partial charge in [-0.3, -0.25) is 9.78 Å². The maximum absolute atomic E-state index is 12.4. The fourth-order valence-electron chi connectivity index (χ4n) is 2.39. The Morgan fingerprint density at radius 1 is 0.950 bits per heavy atom. The van der Waals surface area contributed by atoms with Gasteiger partial charge in [0.1, 0.15) is 0 Å². The number of carbonyl (C=O) groups is 1. The van der Waals surface area contributed by atoms with Gasteiger partial charge in [-0.05, 0) is 23.4 Å². The summed E-state index contributed by atoms with van der Waals surface area (Å²) in [5.74, 6) is 0.174. The molecular formula is C18H15NO. The molecule has 0 amide bonds. The van der Waals surface area contributed by atoms with Crippen LogP contribution in [0, 0.1) is 0 Å². The van der Waals surface area contributed by atoms with E-state index >= 15 is 0 Å². The molecule has 0 spiro atoms. The summed E-state index contributed by atoms with van der Waals surface area (Å²) in [6, 6.07) is 17.9. The smallest absolute Gasteiger partial charge is 0.163 e. The van der Waals surface area contributed by atoms with Crippen LogP contribution in [0.1, 0.15) is 22.3 Å². The van der Waals surface area contributed by atoms with Crippen LogP contribution in [0.3, 0.4) is 0 Å². The third kappa shape index (κ3) is 2.59. The summed E-state index contributed by atoms with van der Waals surface area (Å²) in [5, 5.41) is 2.00. The zero-order valence-electron chi connectivity index (χ0n) is 11.1. The van der Waals surface area contributed by atoms with Crippen LogP contribution in [0.25, 0.3) is 10.8 Å². The summed E-state index contributed by atoms with van der Waals surface area (Å²) in [7, 11) is 0. The minimum Gasteiger partial charge on any atom is -0.294 e. The van der Waals surface area contributed by atoms with Gasteiger partial charge in [-0.1, -0.05) is 48.5 Å². The van der Waals surface area contributed by atoms with Gasteiger partial charge in [0.25, 0.3) is 0 Å². The summed E-state index contributed by atoms with van der Waals surface area (Å²) >= 11 is 0. The average Bonchev–Trinajstić information content (AvgIpc) is 2.53. The molecule has 2 nitrogen and oxygen atoms in total. The molecule has 2 aromatic carbocycles. The average molecular weight is 261 g/mol. The molecule has 0 saturated carbocycles. The van der Waals surface area contributed by atoms with E-state index in [0.29, 0.717) is 6.42 Å². The highest BCUT2D eigenvalue weighted by Gasteiger charge is 2.09. The molecule has 0 atom stereocenters. The lowest BCUT2D eigenvalue weighted by atomic mass is 9.99. The van der Waals surface area contributed by atoms with E-state index < -0.39 is 0 Å². The molecule has 3 aromatic rings. The molecule has 1 aromatic heterocycles. The van der Waals surface area contributed by atoms with E-state index in [9.17, 15) is 4.79 Å². The van der Waals surface area contributed by atoms with E-state index in [1.807, 2.05) is 42.5 Å². The van der Waals surface area contributed by atoms with Gasteiger partial charge in [0.05, 0.1) is 0 Å². The van der Waals surface area contributed by atoms with Gasteiger partial charge < -0.3 is 0 Å². The lowest BCUT2D eigenvalue weighted by Crippen LogP contribution is -2.02. The Kier molecular flexibility index (Phi) is 3.55. The second-order valence-electron chi connectivity index (χ2n) is 4.81. The van der Waals surface area contributed by atoms with Gasteiger partial charge in [0, 0.05) is 29.8 Å². The van der Waals surface area contributed by atoms with E-state index in [2.05, 4.69) is 17.1 Å². The predicted molar refractivity (Wildman–Crippen MR) is 80.8 cm³/mol. The Morgan fingerprint density at radius 3 is 2.65 bits per heavy atom. The largest absolute Gasteiger partial charge is 0.294 e. The molecule has 0 unspecified atom stereocenters. The molecule has 0 fully saturated rings. The molecule has 0 saturated heterocycles. The highest BCUT2D eigenvalue weighted by atomic mass is 16.1. The number of benzene rings is 2. The lowest BCUT2D eigenvalue weighted by molar-refractivity contribution is 0.0984. The molecular weight excluding hydrogens is 246 g/mol. The Bertz CT molecular complexity index is 729. The number of ketones is 1. The summed E-state index contributed by atoms with van der Waals surface area (Å²) < 4.78 is 0. The van der Waals surface area contributed by atoms with Crippen LogP contribution >= 0.6 is 0 Å². The van der Waals surface area contributed by atoms with Crippen molar-refractivity contribution in [3.05, 3.63) is 78.1 Å². The number of aryl methyl sites for hydroxylation is 1. The topological polar surface area (TPSA) is 30.0 Å². The third-order valence-electron chi connectivity index (χ3n) is 3.47. The number of rotatable bonds is 4. The molecule has 98 valence electrons. The number of pyridine rings is 1. The van der Waals surface area contributed by atoms with Crippen LogP contribution < -0.4 is 0 Å². The van der Waals surface area contributed by atoms with E-state index in [-0.39, 0.29) is 5.78 Å². The number of nitrogens with zero attached hydrogens (tertiary/aromatic N) is 1. The molecule has 0 aliphatic carbocycles. The molecule has 20 heavy (non-hydrogen) atoms. The third-order valence-corrected chi connectivity index (χ3v) is 3.47. The fraction of sp³-hybridized carbons (Fsp3) is 0.111. The number of carbonyl (C=O) groups excluding carboxylic acids is 1. The summed E-state index contributed by atoms with van der Waals surface area (Å²) in [4.78, 5) is 16.5. The summed E-state index contributed by atoms with van der Waals surface area (Å²) in [6.07, 6.45) is 4.82. The molecule has 0 aliphatic rings. The number of hydrogen-bond donors (Lipinski definition) is 0. The van der Waals surface area contributed by atoms with E-state index in [4.69, 9.17) is 0 Å². The number of fused-ring (bicyclic) bond motifs is 1. The number of aromatic nitrogens is 1. The SMILES string of the molecule is O=C(CCc1ccccc1)c1cccc2ccncc12. The predicted octanol–water partition coefficient (Wildman–Crippen LogP) is 4.05. The van der Waals surface area contributed by atoms with Crippen molar-refractivity contribution in [3.8, 4) is 0 Å². The van der Waals surface area contributed by atoms with Crippen molar-refractivity contribution < 1.29 is 4.79 Å². The molecule has 1 heterocycles. The van der Waals surface area contributed by atoms with Crippen LogP contribution in [0.2, 0.25) is 0 Å². The summed E-state index contributed by atoms with van der Waals surface area (Å²) in [5.41, 5.74) is 1.96. The monoisotopic (exact) mass is 261 g/mol. The number of hydrogen-bond acceptors (Lipinski definition) is 2. The van der Waals surface area contributed by atoms with E-state index in [1.165, 1.54) is 5.56 Å². The zero-order chi connectivity index (χ0) is 13.8. The first-order chi connectivity index (χ1) is 9.84. The minimum atomic E-state index is 0.174. The van der Waals surface area contributed by atoms with Crippen LogP contribution in [-0.2, 0) is 6.42 Å². The van der Waals surface area contributed by atoms with Gasteiger partial charge in [-0.2, -0.15) is 0 Å². The minimum absolute atomic E-state index is 0.174. The van der Waals surface area contributed by atoms with E-state index in [1.54, 1.807) is 12.4 Å². The van der Waals surface area contributed by atoms with Gasteiger partial charge in [-0.25, -0.2) is 0 Å². The van der Waals surface area contributed by atoms with Gasteiger partial charge >= 0.3 is 0 Å². The Balaban J connectivity index is 1.82. The van der Waals surface area contributed by atoms with E-state index in [0.717, 1.165) is 22.8 Å². The number of Topliss-reactive ketones (excluding diaryl/α,β-unsaturated/α-hetero) is 1. The van der Waals surface area contributed by atoms with Crippen molar-refractivity contribution in [2.45, 2.75) is 12.8 Å². The van der Waals surface area contributed by atoms with Crippen LogP contribution in [-0.4, -0.2) is 10.8 Å². The summed E-state index contributed by atoms with van der Waals surface area (Å²) in [6.45, 7) is 0. The quantitative estimate of drug-likeness (QED) is 0.663. The maximum Gasteiger partial charge on any atom is 0.163 e. The first-order valence-corrected chi connectivity index (χ1v) is 6.74. The van der Waals surface area contributed by atoms with Crippen molar-refractivity contribution in [1.29, 1.82) is 0 Å². The lowest BCUT2D eigenvalue weighted by Gasteiger charge is -2.05. The van der Waals surface area contributed by atoms with Gasteiger partial charge in [0.15, 0.2) is 5.78 Å². The van der Waals surface area contributed by atoms with Crippen LogP contribution in [0.5, 0.6) is 0 Å². The molecule has 0 bridgehead atoms. The van der Waals surface area contributed by atoms with Crippen LogP contribution in [0.15, 0.2) is 67.0 Å². The van der Waals surface area contributed by atoms with Crippen molar-refractivity contribution in [2.24, 2.45) is 0 Å². The first kappa shape index (κ1) is 12.5. The molecule has 2 heteroatoms. The molecule has 3 rings (SSSR count). The normalized spacial score (nSPS) is 10.6. The van der Waals surface area contributed by atoms with Crippen molar-refractivity contribution >= 4 is 16.6 Å². The fourth-order valence-corrected chi connectivity index (χ4v) is 2.39. The van der Waals surface area contributed by atoms with Crippen LogP contribution in [0.4, 0.5) is 0 Å². The highest BCUT2D eigenvalue weighted by molar-refractivity contribution is 6.07. The second kappa shape index (κ2) is 5.66. The Morgan fingerprint density at radius 2 is 1.80 bits per heavy atom. The molecule has 0 radical (unpaired) electrons. The second-order valence-corrected chi connectivity index (χ2v) is 4.81. The Labute approximate surface area is 118 Å². The zero-order valence-corrected chi connectivity index (χ0v) is 11.1.